The Morgan fingerprint density at radius 2 is 1.71 bits per heavy atom. The first-order chi connectivity index (χ1) is 10.0. The molecule has 0 aliphatic rings. The number of benzene rings is 2. The van der Waals surface area contributed by atoms with Gasteiger partial charge in [0, 0.05) is 18.1 Å². The summed E-state index contributed by atoms with van der Waals surface area (Å²) in [6.07, 6.45) is -0.883. The number of methoxy groups -OCH3 is 2. The summed E-state index contributed by atoms with van der Waals surface area (Å²) >= 11 is 0. The monoisotopic (exact) mass is 294 g/mol. The van der Waals surface area contributed by atoms with Gasteiger partial charge in [-0.2, -0.15) is 0 Å². The lowest BCUT2D eigenvalue weighted by atomic mass is 10.0. The van der Waals surface area contributed by atoms with E-state index >= 15 is 0 Å². The Morgan fingerprint density at radius 1 is 1.00 bits per heavy atom. The Balaban J connectivity index is 2.21. The predicted octanol–water partition coefficient (Wildman–Crippen LogP) is 3.26. The quantitative estimate of drug-likeness (QED) is 0.920. The van der Waals surface area contributed by atoms with E-state index in [4.69, 9.17) is 9.47 Å². The van der Waals surface area contributed by atoms with Crippen LogP contribution in [0.2, 0.25) is 0 Å². The van der Waals surface area contributed by atoms with Crippen molar-refractivity contribution in [1.82, 2.24) is 0 Å². The summed E-state index contributed by atoms with van der Waals surface area (Å²) in [6.45, 7) is 0. The van der Waals surface area contributed by atoms with Crippen molar-refractivity contribution in [2.75, 3.05) is 14.2 Å². The zero-order valence-electron chi connectivity index (χ0n) is 11.8. The van der Waals surface area contributed by atoms with Crippen LogP contribution in [0, 0.1) is 11.6 Å². The normalized spacial score (nSPS) is 12.0. The summed E-state index contributed by atoms with van der Waals surface area (Å²) in [4.78, 5) is 0. The maximum atomic E-state index is 13.6. The van der Waals surface area contributed by atoms with Gasteiger partial charge in [-0.1, -0.05) is 12.1 Å². The van der Waals surface area contributed by atoms with E-state index in [9.17, 15) is 13.9 Å². The summed E-state index contributed by atoms with van der Waals surface area (Å²) in [5.74, 6) is -0.331. The van der Waals surface area contributed by atoms with Crippen LogP contribution in [0.15, 0.2) is 36.4 Å². The maximum Gasteiger partial charge on any atom is 0.160 e. The highest BCUT2D eigenvalue weighted by atomic mass is 19.1. The molecule has 0 radical (unpaired) electrons. The summed E-state index contributed by atoms with van der Waals surface area (Å²) in [5.41, 5.74) is 0.815. The van der Waals surface area contributed by atoms with Gasteiger partial charge in [0.25, 0.3) is 0 Å². The largest absolute Gasteiger partial charge is 0.493 e. The van der Waals surface area contributed by atoms with Gasteiger partial charge < -0.3 is 14.6 Å². The first-order valence-corrected chi connectivity index (χ1v) is 6.39. The first kappa shape index (κ1) is 15.3. The summed E-state index contributed by atoms with van der Waals surface area (Å²) in [6, 6.07) is 8.30. The van der Waals surface area contributed by atoms with Gasteiger partial charge in [-0.05, 0) is 23.8 Å². The molecular weight excluding hydrogens is 278 g/mol. The summed E-state index contributed by atoms with van der Waals surface area (Å²) in [7, 11) is 3.04. The lowest BCUT2D eigenvalue weighted by molar-refractivity contribution is 0.173. The molecule has 112 valence electrons. The second kappa shape index (κ2) is 6.54. The fraction of sp³-hybridized carbons (Fsp3) is 0.250. The molecule has 1 unspecified atom stereocenters. The molecule has 3 nitrogen and oxygen atoms in total. The minimum atomic E-state index is -1.07. The van der Waals surface area contributed by atoms with E-state index in [1.165, 1.54) is 20.3 Å². The second-order valence-corrected chi connectivity index (χ2v) is 4.58. The molecule has 0 saturated carbocycles. The van der Waals surface area contributed by atoms with E-state index in [-0.39, 0.29) is 12.0 Å². The smallest absolute Gasteiger partial charge is 0.160 e. The molecular formula is C16H16F2O3. The molecule has 1 atom stereocenters. The van der Waals surface area contributed by atoms with Crippen molar-refractivity contribution in [3.63, 3.8) is 0 Å². The van der Waals surface area contributed by atoms with Crippen LogP contribution in [-0.2, 0) is 6.42 Å². The van der Waals surface area contributed by atoms with Gasteiger partial charge in [0.05, 0.1) is 20.3 Å². The van der Waals surface area contributed by atoms with E-state index < -0.39 is 17.7 Å². The molecule has 0 aromatic heterocycles. The molecule has 5 heteroatoms. The van der Waals surface area contributed by atoms with Crippen molar-refractivity contribution >= 4 is 0 Å². The molecule has 21 heavy (non-hydrogen) atoms. The predicted molar refractivity (Wildman–Crippen MR) is 74.6 cm³/mol. The van der Waals surface area contributed by atoms with Crippen LogP contribution in [0.5, 0.6) is 11.5 Å². The van der Waals surface area contributed by atoms with Gasteiger partial charge in [0.1, 0.15) is 11.6 Å². The average molecular weight is 294 g/mol. The Hall–Kier alpha value is -2.14. The Labute approximate surface area is 121 Å². The van der Waals surface area contributed by atoms with Crippen molar-refractivity contribution in [1.29, 1.82) is 0 Å². The number of aliphatic hydroxyl groups excluding tert-OH is 1. The molecule has 2 aromatic carbocycles. The molecule has 0 aliphatic heterocycles. The molecule has 0 fully saturated rings. The Bertz CT molecular complexity index is 629. The van der Waals surface area contributed by atoms with Crippen LogP contribution in [0.4, 0.5) is 8.78 Å². The number of hydrogen-bond donors (Lipinski definition) is 1. The van der Waals surface area contributed by atoms with Gasteiger partial charge in [-0.25, -0.2) is 8.78 Å². The fourth-order valence-electron chi connectivity index (χ4n) is 2.11. The van der Waals surface area contributed by atoms with Crippen molar-refractivity contribution < 1.29 is 23.4 Å². The third kappa shape index (κ3) is 3.49. The van der Waals surface area contributed by atoms with Crippen LogP contribution in [0.1, 0.15) is 17.2 Å². The molecule has 0 amide bonds. The van der Waals surface area contributed by atoms with Gasteiger partial charge in [-0.15, -0.1) is 0 Å². The van der Waals surface area contributed by atoms with Crippen molar-refractivity contribution in [2.24, 2.45) is 0 Å². The highest BCUT2D eigenvalue weighted by Gasteiger charge is 2.15. The lowest BCUT2D eigenvalue weighted by Crippen LogP contribution is -2.05. The molecule has 0 spiro atoms. The van der Waals surface area contributed by atoms with Crippen LogP contribution >= 0.6 is 0 Å². The molecule has 0 heterocycles. The van der Waals surface area contributed by atoms with Crippen molar-refractivity contribution in [3.05, 3.63) is 59.2 Å². The number of halogens is 2. The van der Waals surface area contributed by atoms with Gasteiger partial charge in [0.2, 0.25) is 0 Å². The topological polar surface area (TPSA) is 38.7 Å². The summed E-state index contributed by atoms with van der Waals surface area (Å²) in [5, 5.41) is 10.1. The molecule has 2 aromatic rings. The van der Waals surface area contributed by atoms with Crippen LogP contribution in [-0.4, -0.2) is 19.3 Å². The maximum absolute atomic E-state index is 13.6. The average Bonchev–Trinajstić information content (AvgIpc) is 2.46. The molecule has 0 aliphatic carbocycles. The van der Waals surface area contributed by atoms with Crippen LogP contribution < -0.4 is 9.47 Å². The van der Waals surface area contributed by atoms with Gasteiger partial charge in [-0.3, -0.25) is 0 Å². The van der Waals surface area contributed by atoms with E-state index in [0.29, 0.717) is 11.5 Å². The molecule has 0 saturated heterocycles. The van der Waals surface area contributed by atoms with Gasteiger partial charge in [0.15, 0.2) is 11.5 Å². The van der Waals surface area contributed by atoms with Crippen molar-refractivity contribution in [2.45, 2.75) is 12.5 Å². The summed E-state index contributed by atoms with van der Waals surface area (Å²) < 4.78 is 36.8. The van der Waals surface area contributed by atoms with E-state index in [1.807, 2.05) is 0 Å². The van der Waals surface area contributed by atoms with Crippen molar-refractivity contribution in [3.8, 4) is 11.5 Å². The fourth-order valence-corrected chi connectivity index (χ4v) is 2.11. The van der Waals surface area contributed by atoms with E-state index in [2.05, 4.69) is 0 Å². The highest BCUT2D eigenvalue weighted by molar-refractivity contribution is 5.43. The van der Waals surface area contributed by atoms with E-state index in [0.717, 1.165) is 17.7 Å². The standard InChI is InChI=1S/C16H16F2O3/c1-20-15-6-3-10(8-16(15)21-2)7-14(19)12-5-4-11(17)9-13(12)18/h3-6,8-9,14,19H,7H2,1-2H3. The molecule has 2 rings (SSSR count). The number of aliphatic hydroxyl groups is 1. The zero-order chi connectivity index (χ0) is 15.4. The highest BCUT2D eigenvalue weighted by Crippen LogP contribution is 2.30. The Kier molecular flexibility index (Phi) is 4.75. The zero-order valence-corrected chi connectivity index (χ0v) is 11.8. The number of rotatable bonds is 5. The number of hydrogen-bond acceptors (Lipinski definition) is 3. The van der Waals surface area contributed by atoms with E-state index in [1.54, 1.807) is 18.2 Å². The van der Waals surface area contributed by atoms with Crippen LogP contribution in [0.25, 0.3) is 0 Å². The lowest BCUT2D eigenvalue weighted by Gasteiger charge is -2.14. The minimum Gasteiger partial charge on any atom is -0.493 e. The molecule has 0 bridgehead atoms. The van der Waals surface area contributed by atoms with Gasteiger partial charge >= 0.3 is 0 Å². The third-order valence-corrected chi connectivity index (χ3v) is 3.20. The first-order valence-electron chi connectivity index (χ1n) is 6.39. The third-order valence-electron chi connectivity index (χ3n) is 3.20. The Morgan fingerprint density at radius 3 is 2.33 bits per heavy atom. The minimum absolute atomic E-state index is 0.0613. The number of ether oxygens (including phenoxy) is 2. The second-order valence-electron chi connectivity index (χ2n) is 4.58. The SMILES string of the molecule is COc1ccc(CC(O)c2ccc(F)cc2F)cc1OC. The van der Waals surface area contributed by atoms with Crippen LogP contribution in [0.3, 0.4) is 0 Å². The molecule has 1 N–H and O–H groups in total.